The van der Waals surface area contributed by atoms with Crippen molar-refractivity contribution in [3.63, 3.8) is 0 Å². The molecule has 0 bridgehead atoms. The van der Waals surface area contributed by atoms with Crippen LogP contribution >= 0.6 is 11.3 Å². The molecule has 188 valence electrons. The number of carbonyl (C=O) groups is 1. The van der Waals surface area contributed by atoms with Gasteiger partial charge in [0.15, 0.2) is 10.9 Å². The molecule has 5 rings (SSSR count). The van der Waals surface area contributed by atoms with Crippen LogP contribution in [0.1, 0.15) is 60.1 Å². The van der Waals surface area contributed by atoms with Gasteiger partial charge >= 0.3 is 5.97 Å². The second-order valence-electron chi connectivity index (χ2n) is 8.97. The first kappa shape index (κ1) is 24.1. The van der Waals surface area contributed by atoms with Crippen molar-refractivity contribution in [1.29, 1.82) is 0 Å². The van der Waals surface area contributed by atoms with Gasteiger partial charge < -0.3 is 24.2 Å². The van der Waals surface area contributed by atoms with Crippen LogP contribution in [0.2, 0.25) is 0 Å². The third-order valence-electron chi connectivity index (χ3n) is 6.55. The van der Waals surface area contributed by atoms with E-state index in [2.05, 4.69) is 21.3 Å². The Morgan fingerprint density at radius 1 is 1.29 bits per heavy atom. The highest BCUT2D eigenvalue weighted by molar-refractivity contribution is 7.17. The van der Waals surface area contributed by atoms with Crippen LogP contribution in [-0.4, -0.2) is 70.8 Å². The zero-order valence-electron chi connectivity index (χ0n) is 20.1. The van der Waals surface area contributed by atoms with E-state index in [-0.39, 0.29) is 12.1 Å². The maximum atomic E-state index is 12.2. The van der Waals surface area contributed by atoms with Gasteiger partial charge in [0.25, 0.3) is 0 Å². The lowest BCUT2D eigenvalue weighted by Gasteiger charge is -2.32. The van der Waals surface area contributed by atoms with E-state index in [4.69, 9.17) is 24.2 Å². The van der Waals surface area contributed by atoms with Gasteiger partial charge in [-0.3, -0.25) is 5.32 Å². The predicted molar refractivity (Wildman–Crippen MR) is 132 cm³/mol. The monoisotopic (exact) mass is 501 g/mol. The Labute approximate surface area is 208 Å². The average Bonchev–Trinajstić information content (AvgIpc) is 3.46. The molecule has 3 aliphatic rings. The second kappa shape index (κ2) is 10.2. The average molecular weight is 502 g/mol. The standard InChI is InChI=1S/C24H31N5O5S/c1-3-32-21(31)20-15(2)25-23(35-20)28-22-26-18(14-19(27-22)29-10-6-17(30)7-11-29)16-4-8-24(9-5-16)33-12-13-34-24/h4,14,17,30H,3,5-13H2,1-2H3,(H,25,26,27,28). The summed E-state index contributed by atoms with van der Waals surface area (Å²) in [6.45, 7) is 6.60. The van der Waals surface area contributed by atoms with E-state index in [1.807, 2.05) is 6.07 Å². The molecule has 4 heterocycles. The quantitative estimate of drug-likeness (QED) is 0.570. The largest absolute Gasteiger partial charge is 0.462 e. The van der Waals surface area contributed by atoms with Crippen molar-refractivity contribution in [2.24, 2.45) is 0 Å². The molecule has 1 aliphatic carbocycles. The highest BCUT2D eigenvalue weighted by atomic mass is 32.1. The van der Waals surface area contributed by atoms with Crippen LogP contribution in [0, 0.1) is 6.92 Å². The lowest BCUT2D eigenvalue weighted by atomic mass is 9.92. The summed E-state index contributed by atoms with van der Waals surface area (Å²) in [6.07, 6.45) is 5.55. The Balaban J connectivity index is 1.43. The molecule has 0 aromatic carbocycles. The predicted octanol–water partition coefficient (Wildman–Crippen LogP) is 3.43. The van der Waals surface area contributed by atoms with Crippen molar-refractivity contribution in [3.05, 3.63) is 28.4 Å². The summed E-state index contributed by atoms with van der Waals surface area (Å²) < 4.78 is 16.9. The maximum absolute atomic E-state index is 12.2. The summed E-state index contributed by atoms with van der Waals surface area (Å²) in [6, 6.07) is 2.01. The number of aromatic nitrogens is 3. The number of hydrogen-bond acceptors (Lipinski definition) is 11. The number of rotatable bonds is 6. The van der Waals surface area contributed by atoms with Gasteiger partial charge in [-0.15, -0.1) is 0 Å². The SMILES string of the molecule is CCOC(=O)c1sc(Nc2nc(C3=CCC4(CC3)OCCO4)cc(N3CCC(O)CC3)n2)nc1C. The third kappa shape index (κ3) is 5.32. The fourth-order valence-electron chi connectivity index (χ4n) is 4.64. The van der Waals surface area contributed by atoms with E-state index in [1.54, 1.807) is 13.8 Å². The van der Waals surface area contributed by atoms with Gasteiger partial charge in [0.1, 0.15) is 10.7 Å². The number of allylic oxidation sites excluding steroid dienone is 1. The van der Waals surface area contributed by atoms with Crippen molar-refractivity contribution in [2.75, 3.05) is 43.1 Å². The summed E-state index contributed by atoms with van der Waals surface area (Å²) in [7, 11) is 0. The number of anilines is 3. The minimum atomic E-state index is -0.495. The molecular weight excluding hydrogens is 470 g/mol. The third-order valence-corrected chi connectivity index (χ3v) is 7.61. The molecule has 0 amide bonds. The molecule has 0 radical (unpaired) electrons. The minimum absolute atomic E-state index is 0.270. The van der Waals surface area contributed by atoms with Crippen LogP contribution in [0.5, 0.6) is 0 Å². The van der Waals surface area contributed by atoms with Crippen LogP contribution in [0.25, 0.3) is 5.57 Å². The van der Waals surface area contributed by atoms with Crippen LogP contribution in [0.4, 0.5) is 16.9 Å². The van der Waals surface area contributed by atoms with Crippen molar-refractivity contribution in [2.45, 2.75) is 57.8 Å². The molecular formula is C24H31N5O5S. The number of nitrogens with one attached hydrogen (secondary N) is 1. The first-order valence-electron chi connectivity index (χ1n) is 12.2. The lowest BCUT2D eigenvalue weighted by Crippen LogP contribution is -2.36. The summed E-state index contributed by atoms with van der Waals surface area (Å²) in [4.78, 5) is 28.9. The number of aliphatic hydroxyl groups is 1. The number of hydrogen-bond donors (Lipinski definition) is 2. The number of aryl methyl sites for hydroxylation is 1. The first-order chi connectivity index (χ1) is 16.9. The van der Waals surface area contributed by atoms with Crippen LogP contribution in [0.15, 0.2) is 12.1 Å². The van der Waals surface area contributed by atoms with E-state index in [0.29, 0.717) is 60.7 Å². The van der Waals surface area contributed by atoms with E-state index in [0.717, 1.165) is 43.0 Å². The molecule has 1 spiro atoms. The van der Waals surface area contributed by atoms with E-state index in [9.17, 15) is 9.90 Å². The fourth-order valence-corrected chi connectivity index (χ4v) is 5.50. The Bertz CT molecular complexity index is 1110. The molecule has 2 aliphatic heterocycles. The molecule has 10 nitrogen and oxygen atoms in total. The molecule has 2 aromatic heterocycles. The Morgan fingerprint density at radius 3 is 2.74 bits per heavy atom. The smallest absolute Gasteiger partial charge is 0.350 e. The number of esters is 1. The molecule has 11 heteroatoms. The lowest BCUT2D eigenvalue weighted by molar-refractivity contribution is -0.159. The molecule has 2 saturated heterocycles. The molecule has 2 N–H and O–H groups in total. The van der Waals surface area contributed by atoms with Gasteiger partial charge in [-0.05, 0) is 38.7 Å². The van der Waals surface area contributed by atoms with E-state index in [1.165, 1.54) is 11.3 Å². The number of carbonyl (C=O) groups excluding carboxylic acids is 1. The fraction of sp³-hybridized carbons (Fsp3) is 0.583. The van der Waals surface area contributed by atoms with Crippen LogP contribution in [-0.2, 0) is 14.2 Å². The molecule has 0 unspecified atom stereocenters. The van der Waals surface area contributed by atoms with Crippen LogP contribution in [0.3, 0.4) is 0 Å². The second-order valence-corrected chi connectivity index (χ2v) is 9.97. The zero-order chi connectivity index (χ0) is 24.4. The van der Waals surface area contributed by atoms with Gasteiger partial charge in [0.2, 0.25) is 5.95 Å². The minimum Gasteiger partial charge on any atom is -0.462 e. The van der Waals surface area contributed by atoms with Crippen molar-refractivity contribution in [3.8, 4) is 0 Å². The van der Waals surface area contributed by atoms with E-state index < -0.39 is 5.79 Å². The number of thiazole rings is 1. The molecule has 2 fully saturated rings. The maximum Gasteiger partial charge on any atom is 0.350 e. The van der Waals surface area contributed by atoms with Gasteiger partial charge in [0, 0.05) is 32.0 Å². The first-order valence-corrected chi connectivity index (χ1v) is 13.0. The number of piperidine rings is 1. The normalized spacial score (nSPS) is 20.2. The Kier molecular flexibility index (Phi) is 7.01. The summed E-state index contributed by atoms with van der Waals surface area (Å²) in [5, 5.41) is 13.7. The number of nitrogens with zero attached hydrogens (tertiary/aromatic N) is 4. The topological polar surface area (TPSA) is 119 Å². The summed E-state index contributed by atoms with van der Waals surface area (Å²) >= 11 is 1.23. The van der Waals surface area contributed by atoms with Crippen molar-refractivity contribution in [1.82, 2.24) is 15.0 Å². The van der Waals surface area contributed by atoms with Gasteiger partial charge in [-0.25, -0.2) is 14.8 Å². The Morgan fingerprint density at radius 2 is 2.06 bits per heavy atom. The van der Waals surface area contributed by atoms with E-state index >= 15 is 0 Å². The highest BCUT2D eigenvalue weighted by Crippen LogP contribution is 2.39. The van der Waals surface area contributed by atoms with Gasteiger partial charge in [0.05, 0.1) is 37.3 Å². The summed E-state index contributed by atoms with van der Waals surface area (Å²) in [5.41, 5.74) is 2.57. The highest BCUT2D eigenvalue weighted by Gasteiger charge is 2.38. The number of aliphatic hydroxyl groups excluding tert-OH is 1. The molecule has 0 atom stereocenters. The van der Waals surface area contributed by atoms with Crippen molar-refractivity contribution >= 4 is 39.8 Å². The molecule has 0 saturated carbocycles. The van der Waals surface area contributed by atoms with Gasteiger partial charge in [-0.1, -0.05) is 17.4 Å². The zero-order valence-corrected chi connectivity index (χ0v) is 20.9. The summed E-state index contributed by atoms with van der Waals surface area (Å²) in [5.74, 6) is 0.348. The van der Waals surface area contributed by atoms with Crippen LogP contribution < -0.4 is 10.2 Å². The van der Waals surface area contributed by atoms with Gasteiger partial charge in [-0.2, -0.15) is 4.98 Å². The Hall–Kier alpha value is -2.60. The molecule has 35 heavy (non-hydrogen) atoms. The van der Waals surface area contributed by atoms with Crippen molar-refractivity contribution < 1.29 is 24.1 Å². The molecule has 2 aromatic rings. The number of ether oxygens (including phenoxy) is 3.